The molecule has 1 aliphatic rings. The molecule has 1 amide bonds. The zero-order valence-electron chi connectivity index (χ0n) is 11.2. The fourth-order valence-electron chi connectivity index (χ4n) is 2.12. The number of benzene rings is 1. The van der Waals surface area contributed by atoms with Crippen LogP contribution in [0, 0.1) is 5.82 Å². The molecule has 0 saturated carbocycles. The van der Waals surface area contributed by atoms with Gasteiger partial charge in [-0.3, -0.25) is 4.79 Å². The average molecular weight is 280 g/mol. The third kappa shape index (κ3) is 3.26. The number of oxime groups is 1. The zero-order valence-corrected chi connectivity index (χ0v) is 11.2. The molecule has 0 aliphatic carbocycles. The lowest BCUT2D eigenvalue weighted by molar-refractivity contribution is -0.127. The van der Waals surface area contributed by atoms with E-state index in [4.69, 9.17) is 9.94 Å². The third-order valence-corrected chi connectivity index (χ3v) is 3.24. The molecule has 1 aromatic rings. The van der Waals surface area contributed by atoms with Crippen molar-refractivity contribution in [2.45, 2.75) is 32.3 Å². The molecule has 0 spiro atoms. The van der Waals surface area contributed by atoms with Crippen molar-refractivity contribution in [2.24, 2.45) is 5.16 Å². The number of nitrogens with one attached hydrogen (secondary N) is 1. The topological polar surface area (TPSA) is 70.9 Å². The van der Waals surface area contributed by atoms with Crippen molar-refractivity contribution >= 4 is 11.6 Å². The van der Waals surface area contributed by atoms with Gasteiger partial charge in [-0.1, -0.05) is 5.16 Å². The summed E-state index contributed by atoms with van der Waals surface area (Å²) in [6.45, 7) is 2.21. The second kappa shape index (κ2) is 6.36. The Kier molecular flexibility index (Phi) is 4.55. The van der Waals surface area contributed by atoms with E-state index < -0.39 is 11.9 Å². The standard InChI is InChI=1S/C14H17FN2O3/c1-9(17-19)11-6-5-10(15)8-13(11)20-12-4-2-3-7-16-14(12)18/h5-6,8,12,19H,2-4,7H2,1H3,(H,16,18). The molecule has 0 aromatic heterocycles. The summed E-state index contributed by atoms with van der Waals surface area (Å²) in [6.07, 6.45) is 1.70. The minimum absolute atomic E-state index is 0.198. The lowest BCUT2D eigenvalue weighted by Gasteiger charge is -2.18. The van der Waals surface area contributed by atoms with Crippen LogP contribution in [0.15, 0.2) is 23.4 Å². The summed E-state index contributed by atoms with van der Waals surface area (Å²) in [7, 11) is 0. The van der Waals surface area contributed by atoms with Crippen molar-refractivity contribution in [1.82, 2.24) is 5.32 Å². The number of hydrogen-bond donors (Lipinski definition) is 2. The molecule has 1 unspecified atom stereocenters. The number of carbonyl (C=O) groups is 1. The maximum atomic E-state index is 13.4. The van der Waals surface area contributed by atoms with Crippen LogP contribution in [0.1, 0.15) is 31.7 Å². The summed E-state index contributed by atoms with van der Waals surface area (Å²) in [5.41, 5.74) is 0.764. The van der Waals surface area contributed by atoms with E-state index in [0.29, 0.717) is 24.2 Å². The Morgan fingerprint density at radius 3 is 3.05 bits per heavy atom. The van der Waals surface area contributed by atoms with Crippen molar-refractivity contribution in [3.05, 3.63) is 29.6 Å². The minimum atomic E-state index is -0.649. The molecule has 5 nitrogen and oxygen atoms in total. The van der Waals surface area contributed by atoms with Crippen LogP contribution >= 0.6 is 0 Å². The fraction of sp³-hybridized carbons (Fsp3) is 0.429. The van der Waals surface area contributed by atoms with Gasteiger partial charge in [0.15, 0.2) is 6.10 Å². The van der Waals surface area contributed by atoms with Gasteiger partial charge in [-0.2, -0.15) is 0 Å². The first kappa shape index (κ1) is 14.3. The molecule has 0 bridgehead atoms. The molecule has 1 atom stereocenters. The van der Waals surface area contributed by atoms with Gasteiger partial charge in [0.2, 0.25) is 0 Å². The second-order valence-electron chi connectivity index (χ2n) is 4.72. The Labute approximate surface area is 116 Å². The van der Waals surface area contributed by atoms with Crippen molar-refractivity contribution in [1.29, 1.82) is 0 Å². The van der Waals surface area contributed by atoms with Gasteiger partial charge in [-0.25, -0.2) is 4.39 Å². The molecule has 108 valence electrons. The van der Waals surface area contributed by atoms with Crippen molar-refractivity contribution in [2.75, 3.05) is 6.54 Å². The highest BCUT2D eigenvalue weighted by Gasteiger charge is 2.24. The first-order chi connectivity index (χ1) is 9.61. The number of amides is 1. The van der Waals surface area contributed by atoms with Crippen LogP contribution in [0.25, 0.3) is 0 Å². The Morgan fingerprint density at radius 1 is 1.50 bits per heavy atom. The van der Waals surface area contributed by atoms with Crippen molar-refractivity contribution < 1.29 is 19.1 Å². The largest absolute Gasteiger partial charge is 0.480 e. The fourth-order valence-corrected chi connectivity index (χ4v) is 2.12. The molecule has 1 heterocycles. The molecule has 1 saturated heterocycles. The third-order valence-electron chi connectivity index (χ3n) is 3.24. The second-order valence-corrected chi connectivity index (χ2v) is 4.72. The lowest BCUT2D eigenvalue weighted by atomic mass is 10.1. The van der Waals surface area contributed by atoms with Crippen LogP contribution in [0.5, 0.6) is 5.75 Å². The van der Waals surface area contributed by atoms with E-state index in [9.17, 15) is 9.18 Å². The number of rotatable bonds is 3. The monoisotopic (exact) mass is 280 g/mol. The van der Waals surface area contributed by atoms with E-state index in [-0.39, 0.29) is 11.7 Å². The smallest absolute Gasteiger partial charge is 0.261 e. The van der Waals surface area contributed by atoms with Gasteiger partial charge in [-0.15, -0.1) is 0 Å². The average Bonchev–Trinajstić information content (AvgIpc) is 2.64. The minimum Gasteiger partial charge on any atom is -0.480 e. The molecule has 2 rings (SSSR count). The molecular formula is C14H17FN2O3. The summed E-state index contributed by atoms with van der Waals surface area (Å²) in [5, 5.41) is 14.7. The van der Waals surface area contributed by atoms with Crippen molar-refractivity contribution in [3.8, 4) is 5.75 Å². The van der Waals surface area contributed by atoms with Crippen LogP contribution in [0.2, 0.25) is 0 Å². The summed E-state index contributed by atoms with van der Waals surface area (Å²) in [4.78, 5) is 11.8. The van der Waals surface area contributed by atoms with Gasteiger partial charge in [0.05, 0.1) is 5.71 Å². The number of carbonyl (C=O) groups excluding carboxylic acids is 1. The van der Waals surface area contributed by atoms with Crippen LogP contribution in [-0.4, -0.2) is 29.5 Å². The lowest BCUT2D eigenvalue weighted by Crippen LogP contribution is -2.36. The number of halogens is 1. The number of nitrogens with zero attached hydrogens (tertiary/aromatic N) is 1. The highest BCUT2D eigenvalue weighted by Crippen LogP contribution is 2.24. The maximum absolute atomic E-state index is 13.4. The predicted octanol–water partition coefficient (Wildman–Crippen LogP) is 2.07. The highest BCUT2D eigenvalue weighted by atomic mass is 19.1. The molecule has 20 heavy (non-hydrogen) atoms. The first-order valence-electron chi connectivity index (χ1n) is 6.55. The van der Waals surface area contributed by atoms with Crippen LogP contribution < -0.4 is 10.1 Å². The van der Waals surface area contributed by atoms with Gasteiger partial charge < -0.3 is 15.3 Å². The first-order valence-corrected chi connectivity index (χ1v) is 6.55. The van der Waals surface area contributed by atoms with E-state index in [0.717, 1.165) is 12.8 Å². The summed E-state index contributed by atoms with van der Waals surface area (Å²) in [5.74, 6) is -0.456. The van der Waals surface area contributed by atoms with E-state index >= 15 is 0 Å². The van der Waals surface area contributed by atoms with Gasteiger partial charge in [0.25, 0.3) is 5.91 Å². The molecule has 0 radical (unpaired) electrons. The molecule has 1 aliphatic heterocycles. The zero-order chi connectivity index (χ0) is 14.5. The van der Waals surface area contributed by atoms with E-state index in [1.807, 2.05) is 0 Å². The maximum Gasteiger partial charge on any atom is 0.261 e. The van der Waals surface area contributed by atoms with E-state index in [2.05, 4.69) is 10.5 Å². The summed E-state index contributed by atoms with van der Waals surface area (Å²) >= 11 is 0. The SMILES string of the molecule is CC(=NO)c1ccc(F)cc1OC1CCCCNC1=O. The van der Waals surface area contributed by atoms with Crippen LogP contribution in [0.3, 0.4) is 0 Å². The van der Waals surface area contributed by atoms with Crippen LogP contribution in [0.4, 0.5) is 4.39 Å². The number of hydrogen-bond acceptors (Lipinski definition) is 4. The normalized spacial score (nSPS) is 20.2. The molecule has 1 fully saturated rings. The van der Waals surface area contributed by atoms with Gasteiger partial charge >= 0.3 is 0 Å². The van der Waals surface area contributed by atoms with E-state index in [1.54, 1.807) is 6.92 Å². The predicted molar refractivity (Wildman–Crippen MR) is 71.7 cm³/mol. The van der Waals surface area contributed by atoms with Gasteiger partial charge in [0.1, 0.15) is 11.6 Å². The molecule has 6 heteroatoms. The van der Waals surface area contributed by atoms with Crippen molar-refractivity contribution in [3.63, 3.8) is 0 Å². The summed E-state index contributed by atoms with van der Waals surface area (Å²) < 4.78 is 19.0. The summed E-state index contributed by atoms with van der Waals surface area (Å²) in [6, 6.07) is 3.92. The highest BCUT2D eigenvalue weighted by molar-refractivity contribution is 6.00. The molecule has 1 aromatic carbocycles. The molecule has 2 N–H and O–H groups in total. The Balaban J connectivity index is 2.27. The Hall–Kier alpha value is -2.11. The number of ether oxygens (including phenoxy) is 1. The van der Waals surface area contributed by atoms with Gasteiger partial charge in [0, 0.05) is 18.2 Å². The Bertz CT molecular complexity index is 531. The van der Waals surface area contributed by atoms with Gasteiger partial charge in [-0.05, 0) is 38.3 Å². The van der Waals surface area contributed by atoms with E-state index in [1.165, 1.54) is 18.2 Å². The molecular weight excluding hydrogens is 263 g/mol. The quantitative estimate of drug-likeness (QED) is 0.506. The van der Waals surface area contributed by atoms with Crippen LogP contribution in [-0.2, 0) is 4.79 Å². The Morgan fingerprint density at radius 2 is 2.30 bits per heavy atom.